The molecule has 0 aromatic heterocycles. The molecule has 0 saturated heterocycles. The van der Waals surface area contributed by atoms with Crippen LogP contribution in [0.2, 0.25) is 5.02 Å². The summed E-state index contributed by atoms with van der Waals surface area (Å²) in [6, 6.07) is 13.2. The molecule has 0 aliphatic carbocycles. The number of halogens is 1. The lowest BCUT2D eigenvalue weighted by Gasteiger charge is -2.08. The smallest absolute Gasteiger partial charge is 0.338 e. The Hall–Kier alpha value is -2.05. The zero-order valence-electron chi connectivity index (χ0n) is 13.1. The minimum absolute atomic E-state index is 0.0811. The van der Waals surface area contributed by atoms with Crippen LogP contribution in [0.25, 0.3) is 0 Å². The number of carbonyl (C=O) groups excluding carboxylic acids is 1. The van der Waals surface area contributed by atoms with Crippen LogP contribution in [0, 0.1) is 0 Å². The molecule has 0 atom stereocenters. The Labute approximate surface area is 146 Å². The van der Waals surface area contributed by atoms with Gasteiger partial charge in [-0.3, -0.25) is 0 Å². The molecule has 2 rings (SSSR count). The average Bonchev–Trinajstić information content (AvgIpc) is 2.51. The molecule has 2 aromatic rings. The van der Waals surface area contributed by atoms with Crippen molar-refractivity contribution in [3.05, 3.63) is 64.7 Å². The molecule has 0 aliphatic rings. The molecular weight excluding hydrogens is 352 g/mol. The van der Waals surface area contributed by atoms with Gasteiger partial charge in [-0.25, -0.2) is 13.2 Å². The molecule has 128 valence electrons. The third kappa shape index (κ3) is 6.22. The van der Waals surface area contributed by atoms with E-state index in [-0.39, 0.29) is 19.0 Å². The van der Waals surface area contributed by atoms with Gasteiger partial charge in [0, 0.05) is 11.3 Å². The Morgan fingerprint density at radius 2 is 1.79 bits per heavy atom. The number of rotatable bonds is 7. The zero-order valence-corrected chi connectivity index (χ0v) is 14.6. The van der Waals surface area contributed by atoms with Gasteiger partial charge in [0.25, 0.3) is 0 Å². The van der Waals surface area contributed by atoms with E-state index in [1.165, 1.54) is 6.07 Å². The van der Waals surface area contributed by atoms with Crippen LogP contribution in [0.15, 0.2) is 48.5 Å². The molecule has 2 aromatic carbocycles. The summed E-state index contributed by atoms with van der Waals surface area (Å²) in [5, 5.41) is 0.614. The molecule has 0 aliphatic heterocycles. The lowest BCUT2D eigenvalue weighted by Crippen LogP contribution is -2.12. The predicted octanol–water partition coefficient (Wildman–Crippen LogP) is 3.12. The minimum Gasteiger partial charge on any atom is -0.490 e. The second-order valence-electron chi connectivity index (χ2n) is 5.21. The number of carbonyl (C=O) groups is 1. The summed E-state index contributed by atoms with van der Waals surface area (Å²) in [6.07, 6.45) is 1.14. The van der Waals surface area contributed by atoms with Crippen molar-refractivity contribution in [2.45, 2.75) is 5.75 Å². The Kier molecular flexibility index (Phi) is 6.23. The molecule has 24 heavy (non-hydrogen) atoms. The molecule has 0 unspecified atom stereocenters. The normalized spacial score (nSPS) is 11.1. The first-order chi connectivity index (χ1) is 11.3. The van der Waals surface area contributed by atoms with Crippen molar-refractivity contribution >= 4 is 27.4 Å². The maximum Gasteiger partial charge on any atom is 0.338 e. The van der Waals surface area contributed by atoms with Gasteiger partial charge in [0.2, 0.25) is 0 Å². The highest BCUT2D eigenvalue weighted by atomic mass is 35.5. The molecule has 5 nitrogen and oxygen atoms in total. The maximum absolute atomic E-state index is 12.0. The van der Waals surface area contributed by atoms with E-state index >= 15 is 0 Å². The van der Waals surface area contributed by atoms with E-state index in [2.05, 4.69) is 0 Å². The molecule has 0 radical (unpaired) electrons. The lowest BCUT2D eigenvalue weighted by molar-refractivity contribution is 0.0450. The van der Waals surface area contributed by atoms with Crippen molar-refractivity contribution in [3.63, 3.8) is 0 Å². The van der Waals surface area contributed by atoms with Gasteiger partial charge in [-0.1, -0.05) is 23.7 Å². The van der Waals surface area contributed by atoms with E-state index < -0.39 is 15.8 Å². The predicted molar refractivity (Wildman–Crippen MR) is 92.2 cm³/mol. The summed E-state index contributed by atoms with van der Waals surface area (Å²) in [4.78, 5) is 12.0. The van der Waals surface area contributed by atoms with Crippen LogP contribution in [0.1, 0.15) is 15.9 Å². The molecule has 0 spiro atoms. The number of benzene rings is 2. The van der Waals surface area contributed by atoms with E-state index in [0.717, 1.165) is 6.26 Å². The van der Waals surface area contributed by atoms with E-state index in [4.69, 9.17) is 21.1 Å². The standard InChI is InChI=1S/C17H17ClO5S/c1-24(20,21)12-13-3-2-4-14(11-13)17(19)23-10-9-22-16-7-5-15(18)6-8-16/h2-8,11H,9-10,12H2,1H3. The van der Waals surface area contributed by atoms with Crippen LogP contribution in [0.4, 0.5) is 0 Å². The van der Waals surface area contributed by atoms with Crippen molar-refractivity contribution in [1.82, 2.24) is 0 Å². The van der Waals surface area contributed by atoms with Crippen molar-refractivity contribution in [2.24, 2.45) is 0 Å². The molecule has 7 heteroatoms. The van der Waals surface area contributed by atoms with E-state index in [1.54, 1.807) is 42.5 Å². The third-order valence-corrected chi connectivity index (χ3v) is 4.10. The van der Waals surface area contributed by atoms with Crippen LogP contribution < -0.4 is 4.74 Å². The molecule has 0 heterocycles. The van der Waals surface area contributed by atoms with Gasteiger partial charge < -0.3 is 9.47 Å². The van der Waals surface area contributed by atoms with Crippen LogP contribution in [0.5, 0.6) is 5.75 Å². The number of esters is 1. The second kappa shape index (κ2) is 8.17. The largest absolute Gasteiger partial charge is 0.490 e. The zero-order chi connectivity index (χ0) is 17.6. The fourth-order valence-electron chi connectivity index (χ4n) is 2.00. The summed E-state index contributed by atoms with van der Waals surface area (Å²) >= 11 is 5.77. The van der Waals surface area contributed by atoms with Gasteiger partial charge in [-0.05, 0) is 42.0 Å². The van der Waals surface area contributed by atoms with Gasteiger partial charge in [-0.2, -0.15) is 0 Å². The SMILES string of the molecule is CS(=O)(=O)Cc1cccc(C(=O)OCCOc2ccc(Cl)cc2)c1. The first kappa shape index (κ1) is 18.3. The van der Waals surface area contributed by atoms with Crippen molar-refractivity contribution < 1.29 is 22.7 Å². The van der Waals surface area contributed by atoms with Crippen LogP contribution in [-0.4, -0.2) is 33.9 Å². The summed E-state index contributed by atoms with van der Waals surface area (Å²) in [6.45, 7) is 0.286. The fourth-order valence-corrected chi connectivity index (χ4v) is 2.91. The Balaban J connectivity index is 1.84. The van der Waals surface area contributed by atoms with Crippen LogP contribution >= 0.6 is 11.6 Å². The summed E-state index contributed by atoms with van der Waals surface area (Å²) in [7, 11) is -3.16. The highest BCUT2D eigenvalue weighted by molar-refractivity contribution is 7.89. The lowest BCUT2D eigenvalue weighted by atomic mass is 10.1. The van der Waals surface area contributed by atoms with Gasteiger partial charge in [-0.15, -0.1) is 0 Å². The number of hydrogen-bond donors (Lipinski definition) is 0. The topological polar surface area (TPSA) is 69.7 Å². The number of ether oxygens (including phenoxy) is 2. The highest BCUT2D eigenvalue weighted by Crippen LogP contribution is 2.15. The van der Waals surface area contributed by atoms with E-state index in [9.17, 15) is 13.2 Å². The number of sulfone groups is 1. The van der Waals surface area contributed by atoms with E-state index in [1.807, 2.05) is 0 Å². The van der Waals surface area contributed by atoms with Crippen LogP contribution in [0.3, 0.4) is 0 Å². The maximum atomic E-state index is 12.0. The van der Waals surface area contributed by atoms with Gasteiger partial charge in [0.15, 0.2) is 9.84 Å². The monoisotopic (exact) mass is 368 g/mol. The number of hydrogen-bond acceptors (Lipinski definition) is 5. The molecule has 0 amide bonds. The Morgan fingerprint density at radius 1 is 1.08 bits per heavy atom. The minimum atomic E-state index is -3.16. The Morgan fingerprint density at radius 3 is 2.46 bits per heavy atom. The molecule has 0 fully saturated rings. The highest BCUT2D eigenvalue weighted by Gasteiger charge is 2.10. The molecule has 0 N–H and O–H groups in total. The van der Waals surface area contributed by atoms with Crippen LogP contribution in [-0.2, 0) is 20.3 Å². The summed E-state index contributed by atoms with van der Waals surface area (Å²) in [5.41, 5.74) is 0.854. The molecular formula is C17H17ClO5S. The Bertz CT molecular complexity index is 800. The molecule has 0 saturated carbocycles. The fraction of sp³-hybridized carbons (Fsp3) is 0.235. The second-order valence-corrected chi connectivity index (χ2v) is 7.79. The first-order valence-electron chi connectivity index (χ1n) is 7.16. The van der Waals surface area contributed by atoms with Gasteiger partial charge in [0.1, 0.15) is 19.0 Å². The third-order valence-electron chi connectivity index (χ3n) is 2.99. The van der Waals surface area contributed by atoms with Crippen molar-refractivity contribution in [3.8, 4) is 5.75 Å². The first-order valence-corrected chi connectivity index (χ1v) is 9.59. The van der Waals surface area contributed by atoms with Gasteiger partial charge in [0.05, 0.1) is 11.3 Å². The van der Waals surface area contributed by atoms with Gasteiger partial charge >= 0.3 is 5.97 Å². The van der Waals surface area contributed by atoms with E-state index in [0.29, 0.717) is 21.9 Å². The van der Waals surface area contributed by atoms with Crippen molar-refractivity contribution in [1.29, 1.82) is 0 Å². The summed E-state index contributed by atoms with van der Waals surface area (Å²) < 4.78 is 33.2. The van der Waals surface area contributed by atoms with Crippen molar-refractivity contribution in [2.75, 3.05) is 19.5 Å². The summed E-state index contributed by atoms with van der Waals surface area (Å²) in [5.74, 6) is -0.0102. The average molecular weight is 369 g/mol. The quantitative estimate of drug-likeness (QED) is 0.554. The molecule has 0 bridgehead atoms.